The van der Waals surface area contributed by atoms with Crippen LogP contribution in [0.5, 0.6) is 0 Å². The van der Waals surface area contributed by atoms with Crippen LogP contribution in [0.2, 0.25) is 0 Å². The fourth-order valence-corrected chi connectivity index (χ4v) is 6.75. The molecule has 1 aromatic carbocycles. The lowest BCUT2D eigenvalue weighted by Gasteiger charge is -2.40. The Morgan fingerprint density at radius 3 is 2.10 bits per heavy atom. The SMILES string of the molecule is CCc1ccc(S(=O)(=O)N2CCC(OC3C[C@H]4CC[C@@H](C3)N4C(C)=O)CC2)cc1. The maximum absolute atomic E-state index is 12.9. The van der Waals surface area contributed by atoms with E-state index in [-0.39, 0.29) is 18.1 Å². The quantitative estimate of drug-likeness (QED) is 0.735. The molecule has 1 amide bonds. The number of benzene rings is 1. The van der Waals surface area contributed by atoms with E-state index in [1.165, 1.54) is 0 Å². The Labute approximate surface area is 174 Å². The van der Waals surface area contributed by atoms with Gasteiger partial charge in [-0.05, 0) is 62.6 Å². The highest BCUT2D eigenvalue weighted by atomic mass is 32.2. The third-order valence-electron chi connectivity index (χ3n) is 6.81. The second-order valence-corrected chi connectivity index (χ2v) is 10.6. The molecule has 0 aliphatic carbocycles. The van der Waals surface area contributed by atoms with Crippen LogP contribution in [0.3, 0.4) is 0 Å². The Morgan fingerprint density at radius 2 is 1.59 bits per heavy atom. The standard InChI is InChI=1S/C22H32N2O4S/c1-3-17-4-8-22(9-5-17)29(26,27)23-12-10-20(11-13-23)28-21-14-18-6-7-19(15-21)24(18)16(2)25/h4-5,8-9,18-21H,3,6-7,10-15H2,1-2H3/t18-,19+,21?. The Kier molecular flexibility index (Phi) is 6.00. The minimum atomic E-state index is -3.43. The molecule has 3 aliphatic rings. The van der Waals surface area contributed by atoms with Crippen LogP contribution in [0.4, 0.5) is 0 Å². The molecule has 3 aliphatic heterocycles. The topological polar surface area (TPSA) is 66.9 Å². The summed E-state index contributed by atoms with van der Waals surface area (Å²) in [6.07, 6.45) is 6.65. The number of nitrogens with zero attached hydrogens (tertiary/aromatic N) is 2. The molecule has 4 rings (SSSR count). The molecule has 3 fully saturated rings. The number of sulfonamides is 1. The molecule has 3 heterocycles. The lowest BCUT2D eigenvalue weighted by molar-refractivity contribution is -0.138. The summed E-state index contributed by atoms with van der Waals surface area (Å²) in [5.74, 6) is 0.182. The second-order valence-electron chi connectivity index (χ2n) is 8.64. The van der Waals surface area contributed by atoms with E-state index in [4.69, 9.17) is 4.74 Å². The van der Waals surface area contributed by atoms with Crippen LogP contribution in [0, 0.1) is 0 Å². The lowest BCUT2D eigenvalue weighted by Crippen LogP contribution is -2.49. The van der Waals surface area contributed by atoms with Gasteiger partial charge in [0.2, 0.25) is 15.9 Å². The van der Waals surface area contributed by atoms with Gasteiger partial charge in [0.25, 0.3) is 0 Å². The molecule has 3 saturated heterocycles. The number of piperidine rings is 2. The molecule has 0 radical (unpaired) electrons. The molecule has 0 saturated carbocycles. The Hall–Kier alpha value is -1.44. The third kappa shape index (κ3) is 4.23. The zero-order valence-electron chi connectivity index (χ0n) is 17.4. The molecule has 7 heteroatoms. The van der Waals surface area contributed by atoms with E-state index >= 15 is 0 Å². The van der Waals surface area contributed by atoms with Gasteiger partial charge in [0.1, 0.15) is 0 Å². The van der Waals surface area contributed by atoms with Crippen LogP contribution in [-0.2, 0) is 26.0 Å². The summed E-state index contributed by atoms with van der Waals surface area (Å²) < 4.78 is 33.8. The average Bonchev–Trinajstić information content (AvgIpc) is 3.00. The normalized spacial score (nSPS) is 28.6. The van der Waals surface area contributed by atoms with Gasteiger partial charge >= 0.3 is 0 Å². The van der Waals surface area contributed by atoms with Crippen LogP contribution in [0.25, 0.3) is 0 Å². The summed E-state index contributed by atoms with van der Waals surface area (Å²) >= 11 is 0. The minimum Gasteiger partial charge on any atom is -0.375 e. The molecule has 1 unspecified atom stereocenters. The van der Waals surface area contributed by atoms with E-state index in [1.54, 1.807) is 23.4 Å². The van der Waals surface area contributed by atoms with Crippen molar-refractivity contribution < 1.29 is 17.9 Å². The minimum absolute atomic E-state index is 0.109. The molecule has 1 aromatic rings. The number of aryl methyl sites for hydroxylation is 1. The van der Waals surface area contributed by atoms with Crippen molar-refractivity contribution in [2.24, 2.45) is 0 Å². The number of ether oxygens (including phenoxy) is 1. The molecular weight excluding hydrogens is 388 g/mol. The van der Waals surface area contributed by atoms with Gasteiger partial charge in [-0.3, -0.25) is 4.79 Å². The molecule has 0 N–H and O–H groups in total. The van der Waals surface area contributed by atoms with E-state index in [9.17, 15) is 13.2 Å². The third-order valence-corrected chi connectivity index (χ3v) is 8.72. The van der Waals surface area contributed by atoms with Crippen molar-refractivity contribution in [1.82, 2.24) is 9.21 Å². The fourth-order valence-electron chi connectivity index (χ4n) is 5.28. The van der Waals surface area contributed by atoms with Gasteiger partial charge in [-0.2, -0.15) is 4.31 Å². The molecule has 160 valence electrons. The average molecular weight is 421 g/mol. The molecule has 0 aromatic heterocycles. The zero-order valence-corrected chi connectivity index (χ0v) is 18.2. The van der Waals surface area contributed by atoms with Crippen LogP contribution in [-0.4, -0.2) is 60.9 Å². The smallest absolute Gasteiger partial charge is 0.243 e. The monoisotopic (exact) mass is 420 g/mol. The van der Waals surface area contributed by atoms with Gasteiger partial charge < -0.3 is 9.64 Å². The predicted molar refractivity (Wildman–Crippen MR) is 111 cm³/mol. The zero-order chi connectivity index (χ0) is 20.6. The van der Waals surface area contributed by atoms with Crippen molar-refractivity contribution in [1.29, 1.82) is 0 Å². The predicted octanol–water partition coefficient (Wildman–Crippen LogP) is 2.96. The molecule has 3 atom stereocenters. The van der Waals surface area contributed by atoms with Crippen molar-refractivity contribution in [2.45, 2.75) is 88.0 Å². The summed E-state index contributed by atoms with van der Waals surface area (Å²) in [6, 6.07) is 7.87. The first-order chi connectivity index (χ1) is 13.9. The molecule has 29 heavy (non-hydrogen) atoms. The Balaban J connectivity index is 1.31. The van der Waals surface area contributed by atoms with Gasteiger partial charge in [-0.25, -0.2) is 8.42 Å². The second kappa shape index (κ2) is 8.36. The van der Waals surface area contributed by atoms with Crippen molar-refractivity contribution in [3.63, 3.8) is 0 Å². The molecule has 6 nitrogen and oxygen atoms in total. The largest absolute Gasteiger partial charge is 0.375 e. The first kappa shape index (κ1) is 20.8. The Morgan fingerprint density at radius 1 is 1.00 bits per heavy atom. The number of carbonyl (C=O) groups excluding carboxylic acids is 1. The highest BCUT2D eigenvalue weighted by Gasteiger charge is 2.43. The molecule has 2 bridgehead atoms. The number of hydrogen-bond acceptors (Lipinski definition) is 4. The molecule has 0 spiro atoms. The highest BCUT2D eigenvalue weighted by Crippen LogP contribution is 2.38. The van der Waals surface area contributed by atoms with Crippen molar-refractivity contribution in [3.05, 3.63) is 29.8 Å². The molecular formula is C22H32N2O4S. The summed E-state index contributed by atoms with van der Waals surface area (Å²) in [7, 11) is -3.43. The number of carbonyl (C=O) groups is 1. The van der Waals surface area contributed by atoms with Crippen molar-refractivity contribution in [2.75, 3.05) is 13.1 Å². The first-order valence-electron chi connectivity index (χ1n) is 10.9. The van der Waals surface area contributed by atoms with Crippen molar-refractivity contribution >= 4 is 15.9 Å². The van der Waals surface area contributed by atoms with E-state index in [0.717, 1.165) is 50.5 Å². The summed E-state index contributed by atoms with van der Waals surface area (Å²) in [4.78, 5) is 14.3. The van der Waals surface area contributed by atoms with Crippen LogP contribution in [0.1, 0.15) is 57.9 Å². The van der Waals surface area contributed by atoms with E-state index in [2.05, 4.69) is 11.8 Å². The van der Waals surface area contributed by atoms with Gasteiger partial charge in [-0.15, -0.1) is 0 Å². The summed E-state index contributed by atoms with van der Waals surface area (Å²) in [6.45, 7) is 4.73. The van der Waals surface area contributed by atoms with Crippen molar-refractivity contribution in [3.8, 4) is 0 Å². The Bertz CT molecular complexity index is 817. The highest BCUT2D eigenvalue weighted by molar-refractivity contribution is 7.89. The van der Waals surface area contributed by atoms with Gasteiger partial charge in [0.05, 0.1) is 17.1 Å². The summed E-state index contributed by atoms with van der Waals surface area (Å²) in [5, 5.41) is 0. The van der Waals surface area contributed by atoms with E-state index in [1.807, 2.05) is 12.1 Å². The van der Waals surface area contributed by atoms with E-state index in [0.29, 0.717) is 30.1 Å². The first-order valence-corrected chi connectivity index (χ1v) is 12.4. The van der Waals surface area contributed by atoms with Crippen LogP contribution < -0.4 is 0 Å². The number of hydrogen-bond donors (Lipinski definition) is 0. The van der Waals surface area contributed by atoms with Crippen LogP contribution in [0.15, 0.2) is 29.2 Å². The number of rotatable bonds is 5. The number of amides is 1. The maximum atomic E-state index is 12.9. The summed E-state index contributed by atoms with van der Waals surface area (Å²) in [5.41, 5.74) is 1.14. The van der Waals surface area contributed by atoms with Crippen LogP contribution >= 0.6 is 0 Å². The van der Waals surface area contributed by atoms with Gasteiger partial charge in [0, 0.05) is 32.1 Å². The fraction of sp³-hybridized carbons (Fsp3) is 0.682. The maximum Gasteiger partial charge on any atom is 0.243 e. The van der Waals surface area contributed by atoms with Gasteiger partial charge in [-0.1, -0.05) is 19.1 Å². The number of fused-ring (bicyclic) bond motifs is 2. The van der Waals surface area contributed by atoms with E-state index < -0.39 is 10.0 Å². The van der Waals surface area contributed by atoms with Gasteiger partial charge in [0.15, 0.2) is 0 Å². The lowest BCUT2D eigenvalue weighted by atomic mass is 9.98.